The SMILES string of the molecule is Cn1cc(/C=C/C(=O)NCCC(=O)N2CCCC2)cn1. The summed E-state index contributed by atoms with van der Waals surface area (Å²) in [4.78, 5) is 25.2. The van der Waals surface area contributed by atoms with E-state index in [1.807, 2.05) is 18.1 Å². The number of carbonyl (C=O) groups excluding carboxylic acids is 2. The van der Waals surface area contributed by atoms with E-state index in [1.165, 1.54) is 6.08 Å². The van der Waals surface area contributed by atoms with E-state index < -0.39 is 0 Å². The van der Waals surface area contributed by atoms with Gasteiger partial charge in [-0.15, -0.1) is 0 Å². The van der Waals surface area contributed by atoms with Crippen molar-refractivity contribution in [1.82, 2.24) is 20.0 Å². The van der Waals surface area contributed by atoms with Crippen LogP contribution in [-0.2, 0) is 16.6 Å². The van der Waals surface area contributed by atoms with Gasteiger partial charge in [-0.05, 0) is 18.9 Å². The third-order valence-corrected chi connectivity index (χ3v) is 3.25. The predicted octanol–water partition coefficient (Wildman–Crippen LogP) is 0.562. The molecule has 0 aliphatic carbocycles. The third-order valence-electron chi connectivity index (χ3n) is 3.25. The summed E-state index contributed by atoms with van der Waals surface area (Å²) >= 11 is 0. The van der Waals surface area contributed by atoms with Crippen molar-refractivity contribution in [2.45, 2.75) is 19.3 Å². The van der Waals surface area contributed by atoms with Gasteiger partial charge < -0.3 is 10.2 Å². The molecule has 1 saturated heterocycles. The van der Waals surface area contributed by atoms with E-state index in [-0.39, 0.29) is 11.8 Å². The van der Waals surface area contributed by atoms with Crippen molar-refractivity contribution in [1.29, 1.82) is 0 Å². The number of likely N-dealkylation sites (tertiary alicyclic amines) is 1. The van der Waals surface area contributed by atoms with Gasteiger partial charge >= 0.3 is 0 Å². The largest absolute Gasteiger partial charge is 0.352 e. The van der Waals surface area contributed by atoms with E-state index in [1.54, 1.807) is 17.0 Å². The molecule has 1 N–H and O–H groups in total. The number of hydrogen-bond acceptors (Lipinski definition) is 3. The molecule has 1 aromatic heterocycles. The van der Waals surface area contributed by atoms with E-state index in [0.717, 1.165) is 31.5 Å². The molecule has 1 aliphatic heterocycles. The first-order valence-corrected chi connectivity index (χ1v) is 6.87. The Morgan fingerprint density at radius 1 is 1.40 bits per heavy atom. The summed E-state index contributed by atoms with van der Waals surface area (Å²) in [5, 5.41) is 6.72. The van der Waals surface area contributed by atoms with Gasteiger partial charge in [0.25, 0.3) is 0 Å². The van der Waals surface area contributed by atoms with Gasteiger partial charge in [-0.2, -0.15) is 5.10 Å². The summed E-state index contributed by atoms with van der Waals surface area (Å²) in [5.41, 5.74) is 0.871. The molecule has 2 heterocycles. The molecule has 0 atom stereocenters. The molecule has 1 fully saturated rings. The van der Waals surface area contributed by atoms with Crippen LogP contribution in [0.4, 0.5) is 0 Å². The molecule has 1 aromatic rings. The van der Waals surface area contributed by atoms with Crippen molar-refractivity contribution in [3.8, 4) is 0 Å². The molecule has 0 aromatic carbocycles. The highest BCUT2D eigenvalue weighted by Crippen LogP contribution is 2.08. The molecular weight excluding hydrogens is 256 g/mol. The summed E-state index contributed by atoms with van der Waals surface area (Å²) < 4.78 is 1.67. The van der Waals surface area contributed by atoms with E-state index in [0.29, 0.717) is 13.0 Å². The normalized spacial score (nSPS) is 14.9. The van der Waals surface area contributed by atoms with Crippen LogP contribution in [0.1, 0.15) is 24.8 Å². The van der Waals surface area contributed by atoms with Crippen LogP contribution in [0.3, 0.4) is 0 Å². The number of nitrogens with zero attached hydrogens (tertiary/aromatic N) is 3. The van der Waals surface area contributed by atoms with Crippen LogP contribution in [0.2, 0.25) is 0 Å². The molecule has 108 valence electrons. The van der Waals surface area contributed by atoms with Crippen LogP contribution in [0, 0.1) is 0 Å². The Balaban J connectivity index is 1.67. The Bertz CT molecular complexity index is 501. The average Bonchev–Trinajstić information content (AvgIpc) is 3.07. The molecule has 6 heteroatoms. The summed E-state index contributed by atoms with van der Waals surface area (Å²) in [6.07, 6.45) is 9.20. The molecule has 0 spiro atoms. The standard InChI is InChI=1S/C14H20N4O2/c1-17-11-12(10-16-17)4-5-13(19)15-7-6-14(20)18-8-2-3-9-18/h4-5,10-11H,2-3,6-9H2,1H3,(H,15,19)/b5-4+. The second kappa shape index (κ2) is 6.88. The van der Waals surface area contributed by atoms with Gasteiger partial charge in [0.2, 0.25) is 11.8 Å². The summed E-state index contributed by atoms with van der Waals surface area (Å²) in [6, 6.07) is 0. The molecule has 2 amide bonds. The minimum absolute atomic E-state index is 0.124. The first kappa shape index (κ1) is 14.3. The zero-order chi connectivity index (χ0) is 14.4. The molecule has 0 bridgehead atoms. The Morgan fingerprint density at radius 3 is 2.80 bits per heavy atom. The minimum atomic E-state index is -0.192. The van der Waals surface area contributed by atoms with Gasteiger partial charge in [0, 0.05) is 50.9 Å². The van der Waals surface area contributed by atoms with Crippen LogP contribution < -0.4 is 5.32 Å². The minimum Gasteiger partial charge on any atom is -0.352 e. The van der Waals surface area contributed by atoms with Crippen LogP contribution in [-0.4, -0.2) is 46.1 Å². The fraction of sp³-hybridized carbons (Fsp3) is 0.500. The Morgan fingerprint density at radius 2 is 2.15 bits per heavy atom. The van der Waals surface area contributed by atoms with E-state index in [4.69, 9.17) is 0 Å². The molecule has 0 unspecified atom stereocenters. The van der Waals surface area contributed by atoms with Gasteiger partial charge in [-0.25, -0.2) is 0 Å². The maximum atomic E-state index is 11.8. The summed E-state index contributed by atoms with van der Waals surface area (Å²) in [5.74, 6) is -0.0675. The highest BCUT2D eigenvalue weighted by atomic mass is 16.2. The molecular formula is C14H20N4O2. The number of nitrogens with one attached hydrogen (secondary N) is 1. The second-order valence-electron chi connectivity index (χ2n) is 4.91. The third kappa shape index (κ3) is 4.22. The van der Waals surface area contributed by atoms with E-state index in [9.17, 15) is 9.59 Å². The number of carbonyl (C=O) groups is 2. The number of amides is 2. The van der Waals surface area contributed by atoms with Crippen LogP contribution >= 0.6 is 0 Å². The van der Waals surface area contributed by atoms with Crippen molar-refractivity contribution >= 4 is 17.9 Å². The van der Waals surface area contributed by atoms with E-state index in [2.05, 4.69) is 10.4 Å². The lowest BCUT2D eigenvalue weighted by molar-refractivity contribution is -0.130. The molecule has 1 aliphatic rings. The number of aryl methyl sites for hydroxylation is 1. The van der Waals surface area contributed by atoms with Gasteiger partial charge in [0.15, 0.2) is 0 Å². The highest BCUT2D eigenvalue weighted by Gasteiger charge is 2.17. The monoisotopic (exact) mass is 276 g/mol. The lowest BCUT2D eigenvalue weighted by Gasteiger charge is -2.14. The van der Waals surface area contributed by atoms with Crippen LogP contribution in [0.25, 0.3) is 6.08 Å². The fourth-order valence-corrected chi connectivity index (χ4v) is 2.17. The quantitative estimate of drug-likeness (QED) is 0.799. The predicted molar refractivity (Wildman–Crippen MR) is 75.7 cm³/mol. The summed E-state index contributed by atoms with van der Waals surface area (Å²) in [7, 11) is 1.82. The maximum Gasteiger partial charge on any atom is 0.244 e. The average molecular weight is 276 g/mol. The second-order valence-corrected chi connectivity index (χ2v) is 4.91. The zero-order valence-electron chi connectivity index (χ0n) is 11.7. The molecule has 2 rings (SSSR count). The Hall–Kier alpha value is -2.11. The smallest absolute Gasteiger partial charge is 0.244 e. The first-order valence-electron chi connectivity index (χ1n) is 6.87. The summed E-state index contributed by atoms with van der Waals surface area (Å²) in [6.45, 7) is 2.09. The van der Waals surface area contributed by atoms with Crippen molar-refractivity contribution in [3.05, 3.63) is 24.0 Å². The number of rotatable bonds is 5. The van der Waals surface area contributed by atoms with Gasteiger partial charge in [0.1, 0.15) is 0 Å². The van der Waals surface area contributed by atoms with Crippen molar-refractivity contribution in [2.24, 2.45) is 7.05 Å². The molecule has 0 saturated carbocycles. The van der Waals surface area contributed by atoms with E-state index >= 15 is 0 Å². The van der Waals surface area contributed by atoms with Crippen molar-refractivity contribution < 1.29 is 9.59 Å². The van der Waals surface area contributed by atoms with Crippen LogP contribution in [0.15, 0.2) is 18.5 Å². The molecule has 20 heavy (non-hydrogen) atoms. The zero-order valence-corrected chi connectivity index (χ0v) is 11.7. The highest BCUT2D eigenvalue weighted by molar-refractivity contribution is 5.91. The fourth-order valence-electron chi connectivity index (χ4n) is 2.17. The topological polar surface area (TPSA) is 67.2 Å². The molecule has 6 nitrogen and oxygen atoms in total. The lowest BCUT2D eigenvalue weighted by Crippen LogP contribution is -2.32. The van der Waals surface area contributed by atoms with Crippen molar-refractivity contribution in [2.75, 3.05) is 19.6 Å². The maximum absolute atomic E-state index is 11.8. The lowest BCUT2D eigenvalue weighted by atomic mass is 10.3. The first-order chi connectivity index (χ1) is 9.65. The Kier molecular flexibility index (Phi) is 4.92. The van der Waals surface area contributed by atoms with Gasteiger partial charge in [0.05, 0.1) is 6.20 Å². The number of hydrogen-bond donors (Lipinski definition) is 1. The number of aromatic nitrogens is 2. The molecule has 0 radical (unpaired) electrons. The van der Waals surface area contributed by atoms with Gasteiger partial charge in [-0.3, -0.25) is 14.3 Å². The van der Waals surface area contributed by atoms with Crippen LogP contribution in [0.5, 0.6) is 0 Å². The van der Waals surface area contributed by atoms with Gasteiger partial charge in [-0.1, -0.05) is 0 Å². The van der Waals surface area contributed by atoms with Crippen molar-refractivity contribution in [3.63, 3.8) is 0 Å². The Labute approximate surface area is 118 Å².